The molecule has 0 atom stereocenters. The third-order valence-corrected chi connectivity index (χ3v) is 3.66. The lowest BCUT2D eigenvalue weighted by Crippen LogP contribution is -2.39. The van der Waals surface area contributed by atoms with Gasteiger partial charge in [-0.2, -0.15) is 0 Å². The van der Waals surface area contributed by atoms with Crippen LogP contribution in [0.4, 0.5) is 5.82 Å². The summed E-state index contributed by atoms with van der Waals surface area (Å²) in [4.78, 5) is 20.7. The molecule has 0 saturated heterocycles. The summed E-state index contributed by atoms with van der Waals surface area (Å²) >= 11 is 6.19. The minimum atomic E-state index is -0.541. The first-order valence-electron chi connectivity index (χ1n) is 6.99. The summed E-state index contributed by atoms with van der Waals surface area (Å²) in [7, 11) is 1.63. The van der Waals surface area contributed by atoms with E-state index in [4.69, 9.17) is 11.6 Å². The lowest BCUT2D eigenvalue weighted by atomic mass is 9.92. The zero-order chi connectivity index (χ0) is 16.4. The molecular weight excluding hydrogens is 288 g/mol. The van der Waals surface area contributed by atoms with Gasteiger partial charge in [-0.15, -0.1) is 0 Å². The summed E-state index contributed by atoms with van der Waals surface area (Å²) < 4.78 is 0. The number of rotatable bonds is 4. The van der Waals surface area contributed by atoms with Crippen molar-refractivity contribution < 1.29 is 4.79 Å². The van der Waals surface area contributed by atoms with Crippen LogP contribution in [-0.4, -0.2) is 29.5 Å². The Balaban J connectivity index is 3.04. The van der Waals surface area contributed by atoms with Crippen LogP contribution >= 0.6 is 11.6 Å². The van der Waals surface area contributed by atoms with Crippen molar-refractivity contribution >= 4 is 23.3 Å². The maximum atomic E-state index is 11.8. The summed E-state index contributed by atoms with van der Waals surface area (Å²) in [5, 5.41) is 6.33. The summed E-state index contributed by atoms with van der Waals surface area (Å²) in [6, 6.07) is 0. The quantitative estimate of drug-likeness (QED) is 0.839. The number of amides is 1. The van der Waals surface area contributed by atoms with Gasteiger partial charge in [0.25, 0.3) is 0 Å². The monoisotopic (exact) mass is 312 g/mol. The molecule has 5 nitrogen and oxygen atoms in total. The van der Waals surface area contributed by atoms with E-state index in [1.165, 1.54) is 0 Å². The highest BCUT2D eigenvalue weighted by Crippen LogP contribution is 2.27. The number of carbonyl (C=O) groups is 1. The predicted octanol–water partition coefficient (Wildman–Crippen LogP) is 2.92. The van der Waals surface area contributed by atoms with E-state index in [0.717, 1.165) is 5.56 Å². The first-order valence-corrected chi connectivity index (χ1v) is 7.37. The largest absolute Gasteiger partial charge is 0.369 e. The molecule has 2 N–H and O–H groups in total. The Morgan fingerprint density at radius 3 is 2.24 bits per heavy atom. The normalized spacial score (nSPS) is 12.2. The van der Waals surface area contributed by atoms with Crippen molar-refractivity contribution in [3.8, 4) is 0 Å². The van der Waals surface area contributed by atoms with Gasteiger partial charge in [0.2, 0.25) is 5.91 Å². The third-order valence-electron chi connectivity index (χ3n) is 3.30. The van der Waals surface area contributed by atoms with Crippen LogP contribution in [0.2, 0.25) is 5.15 Å². The van der Waals surface area contributed by atoms with Crippen molar-refractivity contribution in [3.05, 3.63) is 16.5 Å². The number of anilines is 1. The van der Waals surface area contributed by atoms with Gasteiger partial charge in [0.1, 0.15) is 16.8 Å². The first-order chi connectivity index (χ1) is 9.49. The molecule has 118 valence electrons. The number of carbonyl (C=O) groups excluding carboxylic acids is 1. The Bertz CT molecular complexity index is 535. The van der Waals surface area contributed by atoms with Gasteiger partial charge in [-0.25, -0.2) is 9.97 Å². The standard InChI is InChI=1S/C15H25ClN4O/c1-9-10(16)19-12(14(2,3)4)20-11(9)18-8-15(5,6)13(21)17-7/h8H2,1-7H3,(H,17,21)(H,18,19,20). The van der Waals surface area contributed by atoms with Crippen LogP contribution < -0.4 is 10.6 Å². The van der Waals surface area contributed by atoms with E-state index in [1.807, 2.05) is 41.5 Å². The molecular formula is C15H25ClN4O. The van der Waals surface area contributed by atoms with Gasteiger partial charge in [0, 0.05) is 24.6 Å². The lowest BCUT2D eigenvalue weighted by Gasteiger charge is -2.25. The fourth-order valence-corrected chi connectivity index (χ4v) is 1.89. The van der Waals surface area contributed by atoms with Crippen LogP contribution in [0.1, 0.15) is 46.0 Å². The van der Waals surface area contributed by atoms with E-state index in [9.17, 15) is 4.79 Å². The highest BCUT2D eigenvalue weighted by molar-refractivity contribution is 6.30. The molecule has 0 aliphatic heterocycles. The van der Waals surface area contributed by atoms with Crippen molar-refractivity contribution in [1.29, 1.82) is 0 Å². The van der Waals surface area contributed by atoms with Crippen LogP contribution in [0.25, 0.3) is 0 Å². The third kappa shape index (κ3) is 4.30. The molecule has 0 aliphatic carbocycles. The molecule has 1 aromatic rings. The number of nitrogens with one attached hydrogen (secondary N) is 2. The van der Waals surface area contributed by atoms with Gasteiger partial charge in [-0.05, 0) is 20.8 Å². The van der Waals surface area contributed by atoms with Crippen LogP contribution in [0.3, 0.4) is 0 Å². The van der Waals surface area contributed by atoms with Gasteiger partial charge >= 0.3 is 0 Å². The lowest BCUT2D eigenvalue weighted by molar-refractivity contribution is -0.128. The Morgan fingerprint density at radius 1 is 1.19 bits per heavy atom. The molecule has 1 aromatic heterocycles. The SMILES string of the molecule is CNC(=O)C(C)(C)CNc1nc(C(C)(C)C)nc(Cl)c1C. The van der Waals surface area contributed by atoms with E-state index >= 15 is 0 Å². The van der Waals surface area contributed by atoms with Gasteiger partial charge in [-0.3, -0.25) is 4.79 Å². The zero-order valence-electron chi connectivity index (χ0n) is 13.9. The number of aromatic nitrogens is 2. The highest BCUT2D eigenvalue weighted by Gasteiger charge is 2.27. The summed E-state index contributed by atoms with van der Waals surface area (Å²) in [5.41, 5.74) is 0.0577. The van der Waals surface area contributed by atoms with Crippen molar-refractivity contribution in [2.75, 3.05) is 18.9 Å². The van der Waals surface area contributed by atoms with Gasteiger partial charge in [0.15, 0.2) is 0 Å². The maximum Gasteiger partial charge on any atom is 0.227 e. The van der Waals surface area contributed by atoms with Crippen molar-refractivity contribution in [1.82, 2.24) is 15.3 Å². The highest BCUT2D eigenvalue weighted by atomic mass is 35.5. The predicted molar refractivity (Wildman–Crippen MR) is 86.8 cm³/mol. The van der Waals surface area contributed by atoms with Crippen molar-refractivity contribution in [3.63, 3.8) is 0 Å². The van der Waals surface area contributed by atoms with E-state index in [1.54, 1.807) is 7.05 Å². The maximum absolute atomic E-state index is 11.8. The summed E-state index contributed by atoms with van der Waals surface area (Å²) in [5.74, 6) is 1.33. The smallest absolute Gasteiger partial charge is 0.227 e. The van der Waals surface area contributed by atoms with Crippen LogP contribution in [0.5, 0.6) is 0 Å². The molecule has 1 rings (SSSR count). The van der Waals surface area contributed by atoms with Crippen molar-refractivity contribution in [2.24, 2.45) is 5.41 Å². The second-order valence-corrected chi connectivity index (χ2v) is 7.24. The van der Waals surface area contributed by atoms with E-state index in [0.29, 0.717) is 23.3 Å². The zero-order valence-corrected chi connectivity index (χ0v) is 14.6. The summed E-state index contributed by atoms with van der Waals surface area (Å²) in [6.45, 7) is 12.2. The van der Waals surface area contributed by atoms with E-state index < -0.39 is 5.41 Å². The fraction of sp³-hybridized carbons (Fsp3) is 0.667. The molecule has 1 heterocycles. The molecule has 0 spiro atoms. The molecule has 21 heavy (non-hydrogen) atoms. The molecule has 0 saturated carbocycles. The van der Waals surface area contributed by atoms with Crippen LogP contribution in [-0.2, 0) is 10.2 Å². The summed E-state index contributed by atoms with van der Waals surface area (Å²) in [6.07, 6.45) is 0. The Labute approximate surface area is 131 Å². The van der Waals surface area contributed by atoms with E-state index in [-0.39, 0.29) is 11.3 Å². The number of hydrogen-bond donors (Lipinski definition) is 2. The van der Waals surface area contributed by atoms with Crippen LogP contribution in [0.15, 0.2) is 0 Å². The molecule has 0 unspecified atom stereocenters. The number of nitrogens with zero attached hydrogens (tertiary/aromatic N) is 2. The Kier molecular flexibility index (Phi) is 5.20. The van der Waals surface area contributed by atoms with E-state index in [2.05, 4.69) is 20.6 Å². The van der Waals surface area contributed by atoms with Crippen LogP contribution in [0, 0.1) is 12.3 Å². The Morgan fingerprint density at radius 2 is 1.76 bits per heavy atom. The second-order valence-electron chi connectivity index (χ2n) is 6.88. The van der Waals surface area contributed by atoms with Gasteiger partial charge < -0.3 is 10.6 Å². The fourth-order valence-electron chi connectivity index (χ4n) is 1.72. The minimum absolute atomic E-state index is 0.0242. The number of halogens is 1. The molecule has 0 bridgehead atoms. The minimum Gasteiger partial charge on any atom is -0.369 e. The number of hydrogen-bond acceptors (Lipinski definition) is 4. The average Bonchev–Trinajstić information content (AvgIpc) is 2.38. The van der Waals surface area contributed by atoms with Gasteiger partial charge in [-0.1, -0.05) is 32.4 Å². The topological polar surface area (TPSA) is 66.9 Å². The Hall–Kier alpha value is -1.36. The molecule has 0 aromatic carbocycles. The molecule has 0 aliphatic rings. The molecule has 6 heteroatoms. The average molecular weight is 313 g/mol. The molecule has 0 fully saturated rings. The second kappa shape index (κ2) is 6.18. The van der Waals surface area contributed by atoms with Crippen molar-refractivity contribution in [2.45, 2.75) is 47.0 Å². The first kappa shape index (κ1) is 17.7. The molecule has 0 radical (unpaired) electrons. The molecule has 1 amide bonds. The van der Waals surface area contributed by atoms with Gasteiger partial charge in [0.05, 0.1) is 5.41 Å².